The molecule has 0 aliphatic carbocycles. The van der Waals surface area contributed by atoms with Gasteiger partial charge in [0.25, 0.3) is 0 Å². The largest absolute Gasteiger partial charge is 0.392 e. The number of imidazole rings is 1. The first-order valence-corrected chi connectivity index (χ1v) is 8.42. The first-order chi connectivity index (χ1) is 11.8. The van der Waals surface area contributed by atoms with Gasteiger partial charge in [0.1, 0.15) is 12.1 Å². The minimum Gasteiger partial charge on any atom is -0.392 e. The van der Waals surface area contributed by atoms with Gasteiger partial charge in [-0.3, -0.25) is 4.57 Å². The third kappa shape index (κ3) is 5.29. The zero-order valence-electron chi connectivity index (χ0n) is 15.2. The number of nitrogens with one attached hydrogen (secondary N) is 2. The van der Waals surface area contributed by atoms with Crippen molar-refractivity contribution in [3.63, 3.8) is 0 Å². The fourth-order valence-corrected chi connectivity index (χ4v) is 2.67. The van der Waals surface area contributed by atoms with Crippen molar-refractivity contribution in [2.24, 2.45) is 11.3 Å². The van der Waals surface area contributed by atoms with Crippen molar-refractivity contribution in [3.05, 3.63) is 42.6 Å². The summed E-state index contributed by atoms with van der Waals surface area (Å²) in [4.78, 5) is 20.3. The van der Waals surface area contributed by atoms with Crippen molar-refractivity contribution in [2.45, 2.75) is 40.3 Å². The Morgan fingerprint density at radius 3 is 2.72 bits per heavy atom. The number of urea groups is 1. The lowest BCUT2D eigenvalue weighted by molar-refractivity contribution is 0.0151. The van der Waals surface area contributed by atoms with E-state index in [9.17, 15) is 9.90 Å². The Hall–Kier alpha value is -2.41. The molecular formula is C18H27N5O2. The summed E-state index contributed by atoms with van der Waals surface area (Å²) in [6.45, 7) is 8.61. The predicted molar refractivity (Wildman–Crippen MR) is 96.2 cm³/mol. The molecular weight excluding hydrogens is 318 g/mol. The molecule has 0 saturated heterocycles. The minimum absolute atomic E-state index is 0.137. The van der Waals surface area contributed by atoms with Crippen LogP contribution in [0.25, 0.3) is 5.82 Å². The number of rotatable bonds is 7. The second-order valence-corrected chi connectivity index (χ2v) is 7.21. The number of carbonyl (C=O) groups excluding carboxylic acids is 1. The Kier molecular flexibility index (Phi) is 6.14. The highest BCUT2D eigenvalue weighted by atomic mass is 16.3. The van der Waals surface area contributed by atoms with Crippen molar-refractivity contribution < 1.29 is 9.90 Å². The van der Waals surface area contributed by atoms with Crippen molar-refractivity contribution >= 4 is 6.03 Å². The second kappa shape index (κ2) is 8.11. The monoisotopic (exact) mass is 345 g/mol. The van der Waals surface area contributed by atoms with E-state index in [2.05, 4.69) is 20.6 Å². The molecule has 7 heteroatoms. The Morgan fingerprint density at radius 1 is 1.32 bits per heavy atom. The molecule has 2 heterocycles. The van der Waals surface area contributed by atoms with E-state index in [1.54, 1.807) is 23.3 Å². The number of amides is 2. The van der Waals surface area contributed by atoms with Crippen LogP contribution in [0.2, 0.25) is 0 Å². The Balaban J connectivity index is 1.85. The van der Waals surface area contributed by atoms with Gasteiger partial charge in [-0.1, -0.05) is 27.7 Å². The third-order valence-corrected chi connectivity index (χ3v) is 4.17. The molecule has 0 unspecified atom stereocenters. The molecule has 3 N–H and O–H groups in total. The van der Waals surface area contributed by atoms with E-state index in [1.165, 1.54) is 0 Å². The van der Waals surface area contributed by atoms with Crippen LogP contribution in [0, 0.1) is 11.3 Å². The van der Waals surface area contributed by atoms with Crippen LogP contribution in [0.15, 0.2) is 37.1 Å². The van der Waals surface area contributed by atoms with Crippen LogP contribution in [0.5, 0.6) is 0 Å². The topological polar surface area (TPSA) is 92.1 Å². The van der Waals surface area contributed by atoms with Gasteiger partial charge in [0.2, 0.25) is 0 Å². The first kappa shape index (κ1) is 18.9. The van der Waals surface area contributed by atoms with Gasteiger partial charge >= 0.3 is 6.03 Å². The molecule has 25 heavy (non-hydrogen) atoms. The highest BCUT2D eigenvalue weighted by Gasteiger charge is 2.30. The molecule has 0 radical (unpaired) electrons. The zero-order chi connectivity index (χ0) is 18.4. The maximum absolute atomic E-state index is 12.0. The summed E-state index contributed by atoms with van der Waals surface area (Å²) >= 11 is 0. The van der Waals surface area contributed by atoms with Crippen molar-refractivity contribution in [1.82, 2.24) is 25.2 Å². The van der Waals surface area contributed by atoms with E-state index < -0.39 is 11.5 Å². The smallest absolute Gasteiger partial charge is 0.315 e. The molecule has 1 atom stereocenters. The number of hydrogen-bond donors (Lipinski definition) is 3. The summed E-state index contributed by atoms with van der Waals surface area (Å²) in [5.41, 5.74) is 0.548. The normalized spacial score (nSPS) is 12.9. The van der Waals surface area contributed by atoms with Gasteiger partial charge in [0, 0.05) is 37.1 Å². The van der Waals surface area contributed by atoms with Gasteiger partial charge < -0.3 is 15.7 Å². The van der Waals surface area contributed by atoms with Crippen LogP contribution in [0.4, 0.5) is 4.79 Å². The number of nitrogens with zero attached hydrogens (tertiary/aromatic N) is 3. The van der Waals surface area contributed by atoms with Crippen LogP contribution in [0.3, 0.4) is 0 Å². The molecule has 0 bridgehead atoms. The standard InChI is InChI=1S/C18H27N5O2/c1-13(2)16(24)18(3,4)11-22-17(25)21-10-14-5-6-20-15(9-14)23-8-7-19-12-23/h5-9,12-13,16,24H,10-11H2,1-4H3,(H2,21,22,25)/t16-/m0/s1. The van der Waals surface area contributed by atoms with E-state index in [4.69, 9.17) is 0 Å². The fraction of sp³-hybridized carbons (Fsp3) is 0.500. The number of carbonyl (C=O) groups is 1. The van der Waals surface area contributed by atoms with Crippen LogP contribution in [0.1, 0.15) is 33.3 Å². The number of aliphatic hydroxyl groups excluding tert-OH is 1. The Morgan fingerprint density at radius 2 is 2.08 bits per heavy atom. The summed E-state index contributed by atoms with van der Waals surface area (Å²) in [5.74, 6) is 0.886. The van der Waals surface area contributed by atoms with E-state index in [1.807, 2.05) is 46.0 Å². The highest BCUT2D eigenvalue weighted by molar-refractivity contribution is 5.73. The van der Waals surface area contributed by atoms with Gasteiger partial charge in [-0.05, 0) is 23.6 Å². The molecule has 0 spiro atoms. The van der Waals surface area contributed by atoms with Crippen LogP contribution in [-0.4, -0.2) is 38.3 Å². The van der Waals surface area contributed by atoms with Crippen molar-refractivity contribution in [3.8, 4) is 5.82 Å². The lowest BCUT2D eigenvalue weighted by atomic mass is 9.81. The van der Waals surface area contributed by atoms with Gasteiger partial charge in [-0.25, -0.2) is 14.8 Å². The zero-order valence-corrected chi connectivity index (χ0v) is 15.2. The second-order valence-electron chi connectivity index (χ2n) is 7.21. The summed E-state index contributed by atoms with van der Waals surface area (Å²) in [5, 5.41) is 15.9. The van der Waals surface area contributed by atoms with Crippen molar-refractivity contribution in [1.29, 1.82) is 0 Å². The number of aromatic nitrogens is 3. The summed E-state index contributed by atoms with van der Waals surface area (Å²) < 4.78 is 1.80. The molecule has 2 amide bonds. The third-order valence-electron chi connectivity index (χ3n) is 4.17. The van der Waals surface area contributed by atoms with E-state index in [0.29, 0.717) is 13.1 Å². The molecule has 2 rings (SSSR count). The highest BCUT2D eigenvalue weighted by Crippen LogP contribution is 2.24. The predicted octanol–water partition coefficient (Wildman–Crippen LogP) is 2.11. The average molecular weight is 345 g/mol. The molecule has 0 aliphatic rings. The number of hydrogen-bond acceptors (Lipinski definition) is 4. The summed E-state index contributed by atoms with van der Waals surface area (Å²) in [7, 11) is 0. The number of aliphatic hydroxyl groups is 1. The van der Waals surface area contributed by atoms with E-state index in [0.717, 1.165) is 11.4 Å². The van der Waals surface area contributed by atoms with E-state index in [-0.39, 0.29) is 11.9 Å². The molecule has 2 aromatic heterocycles. The SMILES string of the molecule is CC(C)[C@H](O)C(C)(C)CNC(=O)NCc1ccnc(-n2ccnc2)c1. The van der Waals surface area contributed by atoms with Gasteiger partial charge in [-0.15, -0.1) is 0 Å². The Bertz CT molecular complexity index is 683. The number of pyridine rings is 1. The quantitative estimate of drug-likeness (QED) is 0.717. The van der Waals surface area contributed by atoms with Crippen LogP contribution >= 0.6 is 0 Å². The van der Waals surface area contributed by atoms with Crippen molar-refractivity contribution in [2.75, 3.05) is 6.54 Å². The first-order valence-electron chi connectivity index (χ1n) is 8.42. The summed E-state index contributed by atoms with van der Waals surface area (Å²) in [6, 6.07) is 3.49. The fourth-order valence-electron chi connectivity index (χ4n) is 2.67. The lowest BCUT2D eigenvalue weighted by Gasteiger charge is -2.33. The molecule has 136 valence electrons. The van der Waals surface area contributed by atoms with Crippen LogP contribution < -0.4 is 10.6 Å². The lowest BCUT2D eigenvalue weighted by Crippen LogP contribution is -2.46. The molecule has 0 aromatic carbocycles. The molecule has 2 aromatic rings. The minimum atomic E-state index is -0.481. The molecule has 7 nitrogen and oxygen atoms in total. The maximum atomic E-state index is 12.0. The maximum Gasteiger partial charge on any atom is 0.315 e. The molecule has 0 fully saturated rings. The molecule has 0 saturated carbocycles. The Labute approximate surface area is 148 Å². The summed E-state index contributed by atoms with van der Waals surface area (Å²) in [6.07, 6.45) is 6.40. The van der Waals surface area contributed by atoms with E-state index >= 15 is 0 Å². The van der Waals surface area contributed by atoms with Gasteiger partial charge in [0.15, 0.2) is 0 Å². The average Bonchev–Trinajstić information content (AvgIpc) is 3.12. The molecule has 0 aliphatic heterocycles. The van der Waals surface area contributed by atoms with Gasteiger partial charge in [-0.2, -0.15) is 0 Å². The van der Waals surface area contributed by atoms with Gasteiger partial charge in [0.05, 0.1) is 6.10 Å². The van der Waals surface area contributed by atoms with Crippen LogP contribution in [-0.2, 0) is 6.54 Å².